The summed E-state index contributed by atoms with van der Waals surface area (Å²) < 4.78 is 6.83. The Hall–Kier alpha value is -6.84. The molecule has 0 spiro atoms. The Morgan fingerprint density at radius 2 is 1.30 bits per heavy atom. The van der Waals surface area contributed by atoms with E-state index in [9.17, 15) is 0 Å². The highest BCUT2D eigenvalue weighted by atomic mass is 16.3. The molecular formula is C51H36N2O. The van der Waals surface area contributed by atoms with Crippen molar-refractivity contribution in [2.75, 3.05) is 16.8 Å². The zero-order chi connectivity index (χ0) is 35.6. The second kappa shape index (κ2) is 12.4. The summed E-state index contributed by atoms with van der Waals surface area (Å²) in [6, 6.07) is 55.3. The Bertz CT molecular complexity index is 3000. The number of benzene rings is 8. The molecule has 0 bridgehead atoms. The lowest BCUT2D eigenvalue weighted by atomic mass is 9.87. The van der Waals surface area contributed by atoms with Crippen LogP contribution in [0.5, 0.6) is 0 Å². The van der Waals surface area contributed by atoms with Crippen molar-refractivity contribution in [2.24, 2.45) is 0 Å². The minimum Gasteiger partial charge on any atom is -0.454 e. The number of fused-ring (bicyclic) bond motifs is 8. The summed E-state index contributed by atoms with van der Waals surface area (Å²) in [4.78, 5) is 2.40. The molecule has 8 aromatic carbocycles. The smallest absolute Gasteiger partial charge is 0.160 e. The predicted molar refractivity (Wildman–Crippen MR) is 229 cm³/mol. The molecular weight excluding hydrogens is 657 g/mol. The number of hydrogen-bond donors (Lipinski definition) is 1. The molecule has 3 heteroatoms. The van der Waals surface area contributed by atoms with Crippen LogP contribution in [-0.2, 0) is 6.42 Å². The standard InChI is InChI=1S/C51H36N2O/c1-2-12-35-29-36(23-22-33(35)11-1)34-24-26-39(27-25-34)53(50-45-20-10-28-52-48(45)32-47-44-19-7-8-21-49(44)54-51(47)50)40-15-9-14-37(30-40)46-31-38-13-3-4-16-41(38)42-17-5-6-18-43(42)46/h1-2,4-12,14-27,29-32,52H,3,13,28H2. The van der Waals surface area contributed by atoms with Crippen molar-refractivity contribution in [3.05, 3.63) is 181 Å². The molecule has 0 atom stereocenters. The van der Waals surface area contributed by atoms with Gasteiger partial charge in [0.1, 0.15) is 5.58 Å². The van der Waals surface area contributed by atoms with Gasteiger partial charge in [0, 0.05) is 39.9 Å². The van der Waals surface area contributed by atoms with Crippen molar-refractivity contribution in [2.45, 2.75) is 12.8 Å². The van der Waals surface area contributed by atoms with Gasteiger partial charge in [-0.15, -0.1) is 0 Å². The quantitative estimate of drug-likeness (QED) is 0.195. The maximum absolute atomic E-state index is 6.83. The van der Waals surface area contributed by atoms with Gasteiger partial charge in [-0.05, 0) is 116 Å². The largest absolute Gasteiger partial charge is 0.454 e. The Balaban J connectivity index is 1.14. The molecule has 2 aliphatic rings. The van der Waals surface area contributed by atoms with Crippen LogP contribution < -0.4 is 10.2 Å². The number of hydrogen-bond acceptors (Lipinski definition) is 3. The molecule has 0 unspecified atom stereocenters. The molecule has 0 radical (unpaired) electrons. The number of furan rings is 1. The Morgan fingerprint density at radius 3 is 2.20 bits per heavy atom. The molecule has 54 heavy (non-hydrogen) atoms. The average molecular weight is 693 g/mol. The monoisotopic (exact) mass is 692 g/mol. The summed E-state index contributed by atoms with van der Waals surface area (Å²) >= 11 is 0. The van der Waals surface area contributed by atoms with Crippen LogP contribution in [0.25, 0.3) is 77.9 Å². The van der Waals surface area contributed by atoms with Crippen LogP contribution in [0.4, 0.5) is 22.7 Å². The third-order valence-electron chi connectivity index (χ3n) is 11.3. The molecule has 2 heterocycles. The van der Waals surface area contributed by atoms with E-state index < -0.39 is 0 Å². The highest BCUT2D eigenvalue weighted by Gasteiger charge is 2.26. The highest BCUT2D eigenvalue weighted by molar-refractivity contribution is 6.15. The Kier molecular flexibility index (Phi) is 7.06. The van der Waals surface area contributed by atoms with Crippen molar-refractivity contribution < 1.29 is 4.42 Å². The molecule has 0 saturated carbocycles. The topological polar surface area (TPSA) is 28.4 Å². The number of allylic oxidation sites excluding steroid dienone is 1. The van der Waals surface area contributed by atoms with Gasteiger partial charge in [0.2, 0.25) is 0 Å². The first kappa shape index (κ1) is 30.8. The zero-order valence-electron chi connectivity index (χ0n) is 29.7. The fraction of sp³-hybridized carbons (Fsp3) is 0.0588. The first-order valence-corrected chi connectivity index (χ1v) is 18.9. The Labute approximate surface area is 314 Å². The molecule has 256 valence electrons. The van der Waals surface area contributed by atoms with Crippen molar-refractivity contribution in [3.8, 4) is 22.3 Å². The van der Waals surface area contributed by atoms with Crippen molar-refractivity contribution >= 4 is 78.4 Å². The van der Waals surface area contributed by atoms with Crippen molar-refractivity contribution in [1.29, 1.82) is 0 Å². The molecule has 0 amide bonds. The number of aryl methyl sites for hydroxylation is 1. The van der Waals surface area contributed by atoms with E-state index >= 15 is 0 Å². The van der Waals surface area contributed by atoms with Crippen LogP contribution in [0.15, 0.2) is 168 Å². The number of rotatable bonds is 5. The van der Waals surface area contributed by atoms with Gasteiger partial charge in [-0.3, -0.25) is 0 Å². The maximum atomic E-state index is 6.83. The maximum Gasteiger partial charge on any atom is 0.160 e. The second-order valence-corrected chi connectivity index (χ2v) is 14.4. The van der Waals surface area contributed by atoms with Gasteiger partial charge in [0.25, 0.3) is 0 Å². The predicted octanol–water partition coefficient (Wildman–Crippen LogP) is 14.1. The molecule has 1 aliphatic heterocycles. The first-order valence-electron chi connectivity index (χ1n) is 18.9. The summed E-state index contributed by atoms with van der Waals surface area (Å²) in [7, 11) is 0. The molecule has 11 rings (SSSR count). The van der Waals surface area contributed by atoms with Gasteiger partial charge in [-0.2, -0.15) is 0 Å². The summed E-state index contributed by atoms with van der Waals surface area (Å²) in [6.07, 6.45) is 11.2. The summed E-state index contributed by atoms with van der Waals surface area (Å²) in [5.41, 5.74) is 14.7. The van der Waals surface area contributed by atoms with E-state index in [-0.39, 0.29) is 0 Å². The summed E-state index contributed by atoms with van der Waals surface area (Å²) in [5.74, 6) is 0. The molecule has 1 aromatic heterocycles. The third kappa shape index (κ3) is 4.97. The lowest BCUT2D eigenvalue weighted by Gasteiger charge is -2.30. The van der Waals surface area contributed by atoms with Crippen LogP contribution >= 0.6 is 0 Å². The number of nitrogens with one attached hydrogen (secondary N) is 1. The molecule has 0 saturated heterocycles. The van der Waals surface area contributed by atoms with Gasteiger partial charge < -0.3 is 14.6 Å². The first-order chi connectivity index (χ1) is 26.8. The van der Waals surface area contributed by atoms with Gasteiger partial charge in [0.05, 0.1) is 5.69 Å². The molecule has 1 aliphatic carbocycles. The molecule has 0 fully saturated rings. The number of anilines is 4. The van der Waals surface area contributed by atoms with E-state index in [1.807, 2.05) is 6.07 Å². The van der Waals surface area contributed by atoms with Gasteiger partial charge in [0.15, 0.2) is 5.58 Å². The van der Waals surface area contributed by atoms with E-state index in [2.05, 4.69) is 180 Å². The minimum absolute atomic E-state index is 0.782. The van der Waals surface area contributed by atoms with E-state index in [4.69, 9.17) is 4.42 Å². The van der Waals surface area contributed by atoms with Crippen LogP contribution in [0.2, 0.25) is 0 Å². The fourth-order valence-electron chi connectivity index (χ4n) is 8.67. The number of nitrogens with zero attached hydrogens (tertiary/aromatic N) is 1. The minimum atomic E-state index is 0.782. The van der Waals surface area contributed by atoms with Crippen LogP contribution in [-0.4, -0.2) is 6.54 Å². The van der Waals surface area contributed by atoms with Gasteiger partial charge in [-0.1, -0.05) is 127 Å². The van der Waals surface area contributed by atoms with E-state index in [0.717, 1.165) is 69.6 Å². The van der Waals surface area contributed by atoms with Crippen LogP contribution in [0.3, 0.4) is 0 Å². The highest BCUT2D eigenvalue weighted by Crippen LogP contribution is 2.49. The van der Waals surface area contributed by atoms with Crippen molar-refractivity contribution in [3.63, 3.8) is 0 Å². The van der Waals surface area contributed by atoms with Crippen LogP contribution in [0.1, 0.15) is 23.1 Å². The summed E-state index contributed by atoms with van der Waals surface area (Å²) in [6.45, 7) is 0.782. The average Bonchev–Trinajstić information content (AvgIpc) is 3.61. The van der Waals surface area contributed by atoms with E-state index in [0.29, 0.717) is 0 Å². The fourth-order valence-corrected chi connectivity index (χ4v) is 8.67. The second-order valence-electron chi connectivity index (χ2n) is 14.4. The lowest BCUT2D eigenvalue weighted by molar-refractivity contribution is 0.669. The SMILES string of the molecule is C1=Cc2c(cc(-c3cccc(N(c4ccc(-c5ccc6ccccc6c5)cc4)c4c5c(cc6c4oc4ccccc46)NCC=C5)c3)c3ccccc23)CC1. The van der Waals surface area contributed by atoms with E-state index in [1.54, 1.807) is 0 Å². The zero-order valence-corrected chi connectivity index (χ0v) is 29.7. The molecule has 3 nitrogen and oxygen atoms in total. The summed E-state index contributed by atoms with van der Waals surface area (Å²) in [5, 5.41) is 11.0. The van der Waals surface area contributed by atoms with Crippen molar-refractivity contribution in [1.82, 2.24) is 0 Å². The normalized spacial score (nSPS) is 13.3. The van der Waals surface area contributed by atoms with Crippen LogP contribution in [0, 0.1) is 0 Å². The lowest BCUT2D eigenvalue weighted by Crippen LogP contribution is -2.14. The Morgan fingerprint density at radius 1 is 0.519 bits per heavy atom. The number of para-hydroxylation sites is 1. The van der Waals surface area contributed by atoms with E-state index in [1.165, 1.54) is 54.9 Å². The van der Waals surface area contributed by atoms with Gasteiger partial charge >= 0.3 is 0 Å². The third-order valence-corrected chi connectivity index (χ3v) is 11.3. The van der Waals surface area contributed by atoms with Gasteiger partial charge in [-0.25, -0.2) is 0 Å². The molecule has 9 aromatic rings. The molecule has 1 N–H and O–H groups in total.